The summed E-state index contributed by atoms with van der Waals surface area (Å²) in [5, 5.41) is 0. The van der Waals surface area contributed by atoms with Crippen molar-refractivity contribution in [1.82, 2.24) is 0 Å². The molecule has 0 spiro atoms. The van der Waals surface area contributed by atoms with Crippen LogP contribution in [0, 0.1) is 42.2 Å². The molecule has 0 unspecified atom stereocenters. The lowest BCUT2D eigenvalue weighted by Gasteiger charge is -2.24. The highest BCUT2D eigenvalue weighted by Gasteiger charge is 2.26. The summed E-state index contributed by atoms with van der Waals surface area (Å²) in [7, 11) is 0. The number of ether oxygens (including phenoxy) is 1. The van der Waals surface area contributed by atoms with Crippen LogP contribution in [0.25, 0.3) is 0 Å². The fraction of sp³-hybridized carbons (Fsp3) is 0.292. The summed E-state index contributed by atoms with van der Waals surface area (Å²) in [6.45, 7) is 5.43. The normalized spacial score (nSPS) is 18.7. The van der Waals surface area contributed by atoms with Crippen LogP contribution in [0.2, 0.25) is 0 Å². The number of halogens is 2. The first-order valence-electron chi connectivity index (χ1n) is 9.38. The minimum absolute atomic E-state index is 0.0804. The Kier molecular flexibility index (Phi) is 6.26. The lowest BCUT2D eigenvalue weighted by atomic mass is 9.82. The van der Waals surface area contributed by atoms with Crippen molar-refractivity contribution in [3.63, 3.8) is 0 Å². The Balaban J connectivity index is 1.63. The SMILES string of the molecule is C=CC1CCC(C(=O)Oc2ccc(C#Cc3c(F)cc(C)cc3F)cc2)CC1. The van der Waals surface area contributed by atoms with Crippen LogP contribution < -0.4 is 4.74 Å². The summed E-state index contributed by atoms with van der Waals surface area (Å²) in [6.07, 6.45) is 5.50. The molecule has 0 bridgehead atoms. The van der Waals surface area contributed by atoms with Gasteiger partial charge < -0.3 is 4.74 Å². The highest BCUT2D eigenvalue weighted by atomic mass is 19.1. The number of esters is 1. The minimum atomic E-state index is -0.679. The molecule has 1 aliphatic carbocycles. The molecule has 0 N–H and O–H groups in total. The highest BCUT2D eigenvalue weighted by Crippen LogP contribution is 2.30. The minimum Gasteiger partial charge on any atom is -0.426 e. The summed E-state index contributed by atoms with van der Waals surface area (Å²) >= 11 is 0. The van der Waals surface area contributed by atoms with Crippen LogP contribution in [0.5, 0.6) is 5.75 Å². The molecule has 2 aromatic carbocycles. The molecule has 28 heavy (non-hydrogen) atoms. The average Bonchev–Trinajstić information content (AvgIpc) is 2.68. The monoisotopic (exact) mass is 380 g/mol. The molecule has 2 nitrogen and oxygen atoms in total. The lowest BCUT2D eigenvalue weighted by molar-refractivity contribution is -0.140. The van der Waals surface area contributed by atoms with Crippen LogP contribution in [-0.2, 0) is 4.79 Å². The number of hydrogen-bond donors (Lipinski definition) is 0. The Morgan fingerprint density at radius 3 is 2.25 bits per heavy atom. The van der Waals surface area contributed by atoms with Gasteiger partial charge in [0.15, 0.2) is 0 Å². The molecule has 0 radical (unpaired) electrons. The van der Waals surface area contributed by atoms with Crippen molar-refractivity contribution in [1.29, 1.82) is 0 Å². The average molecular weight is 380 g/mol. The molecule has 4 heteroatoms. The van der Waals surface area contributed by atoms with E-state index >= 15 is 0 Å². The third kappa shape index (κ3) is 4.86. The molecule has 1 fully saturated rings. The van der Waals surface area contributed by atoms with E-state index in [0.717, 1.165) is 25.7 Å². The maximum atomic E-state index is 13.8. The van der Waals surface area contributed by atoms with Crippen molar-refractivity contribution in [2.75, 3.05) is 0 Å². The zero-order valence-corrected chi connectivity index (χ0v) is 15.8. The van der Waals surface area contributed by atoms with Crippen LogP contribution in [-0.4, -0.2) is 5.97 Å². The van der Waals surface area contributed by atoms with Gasteiger partial charge in [0, 0.05) is 5.56 Å². The molecule has 0 aromatic heterocycles. The van der Waals surface area contributed by atoms with E-state index in [1.807, 2.05) is 6.08 Å². The molecule has 0 aliphatic heterocycles. The molecule has 3 rings (SSSR count). The number of benzene rings is 2. The summed E-state index contributed by atoms with van der Waals surface area (Å²) in [5.74, 6) is 4.54. The molecule has 2 aromatic rings. The Hall–Kier alpha value is -2.93. The third-order valence-electron chi connectivity index (χ3n) is 5.03. The number of aryl methyl sites for hydroxylation is 1. The van der Waals surface area contributed by atoms with Crippen LogP contribution in [0.3, 0.4) is 0 Å². The number of carbonyl (C=O) groups is 1. The molecular formula is C24H22F2O2. The quantitative estimate of drug-likeness (QED) is 0.301. The summed E-state index contributed by atoms with van der Waals surface area (Å²) in [6, 6.07) is 9.09. The van der Waals surface area contributed by atoms with Crippen LogP contribution in [0.15, 0.2) is 49.1 Å². The molecular weight excluding hydrogens is 358 g/mol. The Labute approximate surface area is 164 Å². The van der Waals surface area contributed by atoms with E-state index < -0.39 is 11.6 Å². The molecule has 0 atom stereocenters. The Morgan fingerprint density at radius 2 is 1.68 bits per heavy atom. The zero-order valence-electron chi connectivity index (χ0n) is 15.8. The summed E-state index contributed by atoms with van der Waals surface area (Å²) < 4.78 is 33.1. The van der Waals surface area contributed by atoms with Gasteiger partial charge in [-0.05, 0) is 80.5 Å². The molecule has 0 amide bonds. The maximum Gasteiger partial charge on any atom is 0.314 e. The van der Waals surface area contributed by atoms with Crippen molar-refractivity contribution < 1.29 is 18.3 Å². The van der Waals surface area contributed by atoms with Gasteiger partial charge in [0.1, 0.15) is 17.4 Å². The van der Waals surface area contributed by atoms with Crippen molar-refractivity contribution in [2.24, 2.45) is 11.8 Å². The van der Waals surface area contributed by atoms with Gasteiger partial charge in [-0.15, -0.1) is 6.58 Å². The highest BCUT2D eigenvalue weighted by molar-refractivity contribution is 5.75. The van der Waals surface area contributed by atoms with Crippen molar-refractivity contribution in [3.05, 3.63) is 77.4 Å². The van der Waals surface area contributed by atoms with E-state index in [1.165, 1.54) is 12.1 Å². The molecule has 0 heterocycles. The van der Waals surface area contributed by atoms with Crippen LogP contribution in [0.4, 0.5) is 8.78 Å². The second-order valence-electron chi connectivity index (χ2n) is 7.15. The van der Waals surface area contributed by atoms with Crippen molar-refractivity contribution in [3.8, 4) is 17.6 Å². The van der Waals surface area contributed by atoms with E-state index in [1.54, 1.807) is 31.2 Å². The molecule has 144 valence electrons. The van der Waals surface area contributed by atoms with E-state index in [2.05, 4.69) is 18.4 Å². The first kappa shape index (κ1) is 19.8. The van der Waals surface area contributed by atoms with E-state index in [9.17, 15) is 13.6 Å². The predicted molar refractivity (Wildman–Crippen MR) is 105 cm³/mol. The second kappa shape index (κ2) is 8.84. The Morgan fingerprint density at radius 1 is 1.07 bits per heavy atom. The third-order valence-corrected chi connectivity index (χ3v) is 5.03. The molecule has 1 saturated carbocycles. The molecule has 1 aliphatic rings. The standard InChI is InChI=1S/C24H22F2O2/c1-3-17-4-9-19(10-5-17)24(27)28-20-11-6-18(7-12-20)8-13-21-22(25)14-16(2)15-23(21)26/h3,6-7,11-12,14-15,17,19H,1,4-5,9-10H2,2H3. The van der Waals surface area contributed by atoms with Crippen LogP contribution >= 0.6 is 0 Å². The van der Waals surface area contributed by atoms with Crippen molar-refractivity contribution in [2.45, 2.75) is 32.6 Å². The second-order valence-corrected chi connectivity index (χ2v) is 7.15. The summed E-state index contributed by atoms with van der Waals surface area (Å²) in [4.78, 5) is 12.3. The van der Waals surface area contributed by atoms with E-state index in [0.29, 0.717) is 22.8 Å². The smallest absolute Gasteiger partial charge is 0.314 e. The number of hydrogen-bond acceptors (Lipinski definition) is 2. The van der Waals surface area contributed by atoms with Gasteiger partial charge in [-0.25, -0.2) is 8.78 Å². The van der Waals surface area contributed by atoms with Gasteiger partial charge in [0.2, 0.25) is 0 Å². The van der Waals surface area contributed by atoms with Gasteiger partial charge in [-0.1, -0.05) is 17.9 Å². The van der Waals surface area contributed by atoms with E-state index in [4.69, 9.17) is 4.74 Å². The first-order valence-corrected chi connectivity index (χ1v) is 9.38. The Bertz CT molecular complexity index is 904. The first-order chi connectivity index (χ1) is 13.5. The number of carbonyl (C=O) groups excluding carboxylic acids is 1. The van der Waals surface area contributed by atoms with E-state index in [-0.39, 0.29) is 17.5 Å². The molecule has 0 saturated heterocycles. The fourth-order valence-electron chi connectivity index (χ4n) is 3.35. The van der Waals surface area contributed by atoms with Gasteiger partial charge in [0.25, 0.3) is 0 Å². The topological polar surface area (TPSA) is 26.3 Å². The van der Waals surface area contributed by atoms with Gasteiger partial charge in [-0.2, -0.15) is 0 Å². The van der Waals surface area contributed by atoms with Gasteiger partial charge in [0.05, 0.1) is 11.5 Å². The number of rotatable bonds is 3. The van der Waals surface area contributed by atoms with Crippen molar-refractivity contribution >= 4 is 5.97 Å². The fourth-order valence-corrected chi connectivity index (χ4v) is 3.35. The largest absolute Gasteiger partial charge is 0.426 e. The predicted octanol–water partition coefficient (Wildman–Crippen LogP) is 5.57. The van der Waals surface area contributed by atoms with Gasteiger partial charge in [-0.3, -0.25) is 4.79 Å². The maximum absolute atomic E-state index is 13.8. The lowest BCUT2D eigenvalue weighted by Crippen LogP contribution is -2.25. The zero-order chi connectivity index (χ0) is 20.1. The summed E-state index contributed by atoms with van der Waals surface area (Å²) in [5.41, 5.74) is 0.826. The van der Waals surface area contributed by atoms with Gasteiger partial charge >= 0.3 is 5.97 Å². The number of allylic oxidation sites excluding steroid dienone is 1. The van der Waals surface area contributed by atoms with Crippen LogP contribution in [0.1, 0.15) is 42.4 Å².